The SMILES string of the molecule is Cc1ccc(COc2ccc(Cl)cc2/C=C2\C(=O)ON=C2c2ccccc2)cc1. The monoisotopic (exact) mass is 403 g/mol. The van der Waals surface area contributed by atoms with E-state index in [0.717, 1.165) is 11.1 Å². The normalized spacial score (nSPS) is 14.6. The molecule has 3 aromatic carbocycles. The van der Waals surface area contributed by atoms with Gasteiger partial charge in [0.2, 0.25) is 0 Å². The second-order valence-corrected chi connectivity index (χ2v) is 7.14. The molecular formula is C24H18ClNO3. The maximum Gasteiger partial charge on any atom is 0.368 e. The highest BCUT2D eigenvalue weighted by atomic mass is 35.5. The van der Waals surface area contributed by atoms with Gasteiger partial charge in [0.05, 0.1) is 5.57 Å². The number of rotatable bonds is 5. The van der Waals surface area contributed by atoms with Crippen LogP contribution >= 0.6 is 11.6 Å². The van der Waals surface area contributed by atoms with Gasteiger partial charge in [0, 0.05) is 16.1 Å². The van der Waals surface area contributed by atoms with E-state index >= 15 is 0 Å². The Bertz CT molecular complexity index is 1100. The Labute approximate surface area is 174 Å². The van der Waals surface area contributed by atoms with Crippen LogP contribution in [0.5, 0.6) is 5.75 Å². The molecule has 1 heterocycles. The number of hydrogen-bond donors (Lipinski definition) is 0. The van der Waals surface area contributed by atoms with Gasteiger partial charge in [-0.3, -0.25) is 0 Å². The molecule has 0 spiro atoms. The van der Waals surface area contributed by atoms with Crippen LogP contribution in [0.3, 0.4) is 0 Å². The largest absolute Gasteiger partial charge is 0.488 e. The number of oxime groups is 1. The van der Waals surface area contributed by atoms with E-state index in [1.54, 1.807) is 24.3 Å². The lowest BCUT2D eigenvalue weighted by Crippen LogP contribution is -2.07. The average molecular weight is 404 g/mol. The van der Waals surface area contributed by atoms with E-state index in [2.05, 4.69) is 5.16 Å². The number of halogens is 1. The molecule has 3 aromatic rings. The van der Waals surface area contributed by atoms with Gasteiger partial charge in [0.15, 0.2) is 0 Å². The van der Waals surface area contributed by atoms with Gasteiger partial charge in [-0.25, -0.2) is 4.79 Å². The minimum absolute atomic E-state index is 0.360. The first-order chi connectivity index (χ1) is 14.1. The minimum atomic E-state index is -0.506. The topological polar surface area (TPSA) is 47.9 Å². The lowest BCUT2D eigenvalue weighted by molar-refractivity contribution is -0.136. The molecule has 0 fully saturated rings. The Morgan fingerprint density at radius 1 is 1.03 bits per heavy atom. The fourth-order valence-corrected chi connectivity index (χ4v) is 3.16. The van der Waals surface area contributed by atoms with Crippen LogP contribution in [0.2, 0.25) is 5.02 Å². The predicted molar refractivity (Wildman–Crippen MR) is 114 cm³/mol. The number of aryl methyl sites for hydroxylation is 1. The van der Waals surface area contributed by atoms with E-state index in [1.807, 2.05) is 61.5 Å². The summed E-state index contributed by atoms with van der Waals surface area (Å²) >= 11 is 6.20. The van der Waals surface area contributed by atoms with Crippen molar-refractivity contribution in [3.63, 3.8) is 0 Å². The van der Waals surface area contributed by atoms with Crippen LogP contribution in [0, 0.1) is 6.92 Å². The zero-order valence-electron chi connectivity index (χ0n) is 15.8. The summed E-state index contributed by atoms with van der Waals surface area (Å²) in [6.07, 6.45) is 1.71. The molecule has 0 bridgehead atoms. The van der Waals surface area contributed by atoms with E-state index in [4.69, 9.17) is 21.2 Å². The first kappa shape index (κ1) is 19.0. The van der Waals surface area contributed by atoms with Crippen LogP contribution in [-0.4, -0.2) is 11.7 Å². The summed E-state index contributed by atoms with van der Waals surface area (Å²) in [7, 11) is 0. The van der Waals surface area contributed by atoms with Crippen LogP contribution < -0.4 is 4.74 Å². The molecule has 0 amide bonds. The summed E-state index contributed by atoms with van der Waals surface area (Å²) in [5, 5.41) is 4.49. The molecule has 29 heavy (non-hydrogen) atoms. The van der Waals surface area contributed by atoms with Crippen molar-refractivity contribution < 1.29 is 14.4 Å². The molecule has 0 aromatic heterocycles. The highest BCUT2D eigenvalue weighted by molar-refractivity contribution is 6.32. The maximum absolute atomic E-state index is 12.3. The van der Waals surface area contributed by atoms with Gasteiger partial charge in [-0.1, -0.05) is 76.9 Å². The molecule has 1 aliphatic heterocycles. The second-order valence-electron chi connectivity index (χ2n) is 6.70. The highest BCUT2D eigenvalue weighted by Crippen LogP contribution is 2.29. The Kier molecular flexibility index (Phi) is 5.45. The highest BCUT2D eigenvalue weighted by Gasteiger charge is 2.27. The molecular weight excluding hydrogens is 386 g/mol. The van der Waals surface area contributed by atoms with Gasteiger partial charge in [0.25, 0.3) is 0 Å². The van der Waals surface area contributed by atoms with E-state index in [1.165, 1.54) is 5.56 Å². The van der Waals surface area contributed by atoms with Crippen LogP contribution in [0.25, 0.3) is 6.08 Å². The van der Waals surface area contributed by atoms with Crippen molar-refractivity contribution in [1.82, 2.24) is 0 Å². The first-order valence-corrected chi connectivity index (χ1v) is 9.53. The Balaban J connectivity index is 1.65. The molecule has 0 saturated carbocycles. The molecule has 0 saturated heterocycles. The van der Waals surface area contributed by atoms with E-state index < -0.39 is 5.97 Å². The molecule has 144 valence electrons. The second kappa shape index (κ2) is 8.33. The van der Waals surface area contributed by atoms with Crippen molar-refractivity contribution in [2.24, 2.45) is 5.16 Å². The number of ether oxygens (including phenoxy) is 1. The number of benzene rings is 3. The van der Waals surface area contributed by atoms with Gasteiger partial charge in [-0.05, 0) is 36.8 Å². The molecule has 0 atom stereocenters. The summed E-state index contributed by atoms with van der Waals surface area (Å²) in [5.74, 6) is 0.114. The summed E-state index contributed by atoms with van der Waals surface area (Å²) < 4.78 is 6.01. The van der Waals surface area contributed by atoms with Gasteiger partial charge < -0.3 is 9.57 Å². The standard InChI is InChI=1S/C24H18ClNO3/c1-16-7-9-17(10-8-16)15-28-22-12-11-20(25)13-19(22)14-21-23(26-29-24(21)27)18-5-3-2-4-6-18/h2-14H,15H2,1H3/b21-14-. The predicted octanol–water partition coefficient (Wildman–Crippen LogP) is 5.57. The minimum Gasteiger partial charge on any atom is -0.488 e. The van der Waals surface area contributed by atoms with Crippen molar-refractivity contribution >= 4 is 29.4 Å². The third-order valence-electron chi connectivity index (χ3n) is 4.53. The van der Waals surface area contributed by atoms with Crippen molar-refractivity contribution in [2.75, 3.05) is 0 Å². The summed E-state index contributed by atoms with van der Waals surface area (Å²) in [4.78, 5) is 17.2. The van der Waals surface area contributed by atoms with Gasteiger partial charge in [-0.2, -0.15) is 0 Å². The van der Waals surface area contributed by atoms with E-state index in [0.29, 0.717) is 34.2 Å². The van der Waals surface area contributed by atoms with Gasteiger partial charge in [0.1, 0.15) is 18.1 Å². The average Bonchev–Trinajstić information content (AvgIpc) is 3.10. The van der Waals surface area contributed by atoms with Crippen LogP contribution in [0.1, 0.15) is 22.3 Å². The van der Waals surface area contributed by atoms with Crippen molar-refractivity contribution in [3.8, 4) is 5.75 Å². The molecule has 0 radical (unpaired) electrons. The van der Waals surface area contributed by atoms with Gasteiger partial charge >= 0.3 is 5.97 Å². The summed E-state index contributed by atoms with van der Waals surface area (Å²) in [6, 6.07) is 22.9. The molecule has 5 heteroatoms. The molecule has 0 N–H and O–H groups in total. The summed E-state index contributed by atoms with van der Waals surface area (Å²) in [5.41, 5.74) is 4.57. The Morgan fingerprint density at radius 3 is 2.55 bits per heavy atom. The van der Waals surface area contributed by atoms with Crippen LogP contribution in [0.4, 0.5) is 0 Å². The number of nitrogens with zero attached hydrogens (tertiary/aromatic N) is 1. The summed E-state index contributed by atoms with van der Waals surface area (Å²) in [6.45, 7) is 2.45. The molecule has 1 aliphatic rings. The maximum atomic E-state index is 12.3. The third-order valence-corrected chi connectivity index (χ3v) is 4.76. The molecule has 4 rings (SSSR count). The lowest BCUT2D eigenvalue weighted by atomic mass is 10.0. The smallest absolute Gasteiger partial charge is 0.368 e. The van der Waals surface area contributed by atoms with E-state index in [9.17, 15) is 4.79 Å². The number of hydrogen-bond acceptors (Lipinski definition) is 4. The Hall–Kier alpha value is -3.37. The van der Waals surface area contributed by atoms with Crippen LogP contribution in [-0.2, 0) is 16.2 Å². The quantitative estimate of drug-likeness (QED) is 0.413. The lowest BCUT2D eigenvalue weighted by Gasteiger charge is -2.11. The first-order valence-electron chi connectivity index (χ1n) is 9.15. The van der Waals surface area contributed by atoms with Gasteiger partial charge in [-0.15, -0.1) is 0 Å². The Morgan fingerprint density at radius 2 is 1.79 bits per heavy atom. The molecule has 0 unspecified atom stereocenters. The van der Waals surface area contributed by atoms with Crippen molar-refractivity contribution in [2.45, 2.75) is 13.5 Å². The zero-order chi connectivity index (χ0) is 20.2. The fourth-order valence-electron chi connectivity index (χ4n) is 2.98. The third kappa shape index (κ3) is 4.39. The fraction of sp³-hybridized carbons (Fsp3) is 0.0833. The number of carbonyl (C=O) groups excluding carboxylic acids is 1. The number of carbonyl (C=O) groups is 1. The molecule has 0 aliphatic carbocycles. The van der Waals surface area contributed by atoms with E-state index in [-0.39, 0.29) is 0 Å². The van der Waals surface area contributed by atoms with Crippen LogP contribution in [0.15, 0.2) is 83.5 Å². The zero-order valence-corrected chi connectivity index (χ0v) is 16.5. The van der Waals surface area contributed by atoms with Crippen molar-refractivity contribution in [3.05, 3.63) is 106 Å². The molecule has 4 nitrogen and oxygen atoms in total. The van der Waals surface area contributed by atoms with Crippen molar-refractivity contribution in [1.29, 1.82) is 0 Å².